The van der Waals surface area contributed by atoms with Crippen LogP contribution >= 0.6 is 0 Å². The molecule has 2 N–H and O–H groups in total. The molecule has 4 aliphatic carbocycles. The highest BCUT2D eigenvalue weighted by molar-refractivity contribution is 5.85. The minimum Gasteiger partial charge on any atom is -0.481 e. The molecule has 0 heterocycles. The van der Waals surface area contributed by atoms with Crippen molar-refractivity contribution in [2.24, 2.45) is 45.3 Å². The third-order valence-corrected chi connectivity index (χ3v) is 12.0. The highest BCUT2D eigenvalue weighted by Gasteiger charge is 2.80. The van der Waals surface area contributed by atoms with Crippen LogP contribution in [0.4, 0.5) is 0 Å². The summed E-state index contributed by atoms with van der Waals surface area (Å²) in [5, 5.41) is 18.7. The maximum absolute atomic E-state index is 11.6. The summed E-state index contributed by atoms with van der Waals surface area (Å²) < 4.78 is 0. The van der Waals surface area contributed by atoms with E-state index in [0.717, 1.165) is 19.3 Å². The molecule has 4 saturated carbocycles. The van der Waals surface area contributed by atoms with Crippen LogP contribution in [-0.2, 0) is 9.59 Å². The molecule has 8 unspecified atom stereocenters. The summed E-state index contributed by atoms with van der Waals surface area (Å²) in [5.74, 6) is 0.964. The summed E-state index contributed by atoms with van der Waals surface area (Å²) in [6, 6.07) is 0. The van der Waals surface area contributed by atoms with Crippen molar-refractivity contribution in [1.82, 2.24) is 0 Å². The Kier molecular flexibility index (Phi) is 6.39. The van der Waals surface area contributed by atoms with Crippen molar-refractivity contribution in [2.45, 2.75) is 105 Å². The average molecular weight is 471 g/mol. The fraction of sp³-hybridized carbons (Fsp3) is 0.800. The second-order valence-electron chi connectivity index (χ2n) is 13.1. The van der Waals surface area contributed by atoms with Crippen molar-refractivity contribution >= 4 is 11.9 Å². The van der Waals surface area contributed by atoms with Gasteiger partial charge in [-0.25, -0.2) is 4.79 Å². The molecule has 0 amide bonds. The van der Waals surface area contributed by atoms with Crippen LogP contribution in [0, 0.1) is 45.3 Å². The summed E-state index contributed by atoms with van der Waals surface area (Å²) in [5.41, 5.74) is 2.81. The van der Waals surface area contributed by atoms with E-state index in [1.54, 1.807) is 6.92 Å². The van der Waals surface area contributed by atoms with E-state index in [0.29, 0.717) is 45.5 Å². The zero-order valence-electron chi connectivity index (χ0n) is 22.1. The number of carbonyl (C=O) groups is 2. The van der Waals surface area contributed by atoms with Gasteiger partial charge in [0.2, 0.25) is 0 Å². The third-order valence-electron chi connectivity index (χ3n) is 12.0. The lowest BCUT2D eigenvalue weighted by Gasteiger charge is -2.61. The zero-order chi connectivity index (χ0) is 25.1. The number of rotatable bonds is 9. The highest BCUT2D eigenvalue weighted by Crippen LogP contribution is 2.87. The van der Waals surface area contributed by atoms with Crippen LogP contribution in [0.5, 0.6) is 0 Å². The summed E-state index contributed by atoms with van der Waals surface area (Å²) in [6.45, 7) is 15.8. The van der Waals surface area contributed by atoms with Gasteiger partial charge in [0.1, 0.15) is 0 Å². The number of carboxylic acids is 2. The smallest absolute Gasteiger partial charge is 0.330 e. The monoisotopic (exact) mass is 470 g/mol. The standard InChI is InChI=1S/C30H46O4/c1-19(2)22-10-11-24-28(6)14-12-23(20(3)8-7-9-21(4)26(33)34)27(28,5)16-17-30(24)18-29(22,30)15-13-25(31)32/h9,20,22-24H,1,7-8,10-18H2,2-6H3,(H,31,32)(H,33,34). The first-order valence-corrected chi connectivity index (χ1v) is 13.6. The molecule has 4 nitrogen and oxygen atoms in total. The number of allylic oxidation sites excluding steroid dienone is 2. The minimum absolute atomic E-state index is 0.160. The van der Waals surface area contributed by atoms with Crippen LogP contribution in [0.3, 0.4) is 0 Å². The Bertz CT molecular complexity index is 903. The largest absolute Gasteiger partial charge is 0.481 e. The lowest BCUT2D eigenvalue weighted by Crippen LogP contribution is -2.54. The number of aliphatic carboxylic acids is 2. The van der Waals surface area contributed by atoms with E-state index in [2.05, 4.69) is 34.3 Å². The van der Waals surface area contributed by atoms with Crippen molar-refractivity contribution in [1.29, 1.82) is 0 Å². The van der Waals surface area contributed by atoms with Crippen LogP contribution in [0.2, 0.25) is 0 Å². The fourth-order valence-corrected chi connectivity index (χ4v) is 10.1. The van der Waals surface area contributed by atoms with Gasteiger partial charge in [-0.15, -0.1) is 0 Å². The summed E-state index contributed by atoms with van der Waals surface area (Å²) in [4.78, 5) is 22.7. The van der Waals surface area contributed by atoms with Gasteiger partial charge in [-0.3, -0.25) is 4.79 Å². The summed E-state index contributed by atoms with van der Waals surface area (Å²) in [7, 11) is 0. The van der Waals surface area contributed by atoms with E-state index in [-0.39, 0.29) is 11.8 Å². The first kappa shape index (κ1) is 25.5. The van der Waals surface area contributed by atoms with E-state index in [1.165, 1.54) is 50.5 Å². The molecule has 4 fully saturated rings. The Morgan fingerprint density at radius 1 is 1.06 bits per heavy atom. The second-order valence-corrected chi connectivity index (χ2v) is 13.1. The number of hydrogen-bond donors (Lipinski definition) is 2. The highest BCUT2D eigenvalue weighted by atomic mass is 16.4. The Balaban J connectivity index is 1.56. The Hall–Kier alpha value is -1.58. The van der Waals surface area contributed by atoms with Crippen LogP contribution in [0.1, 0.15) is 105 Å². The Morgan fingerprint density at radius 2 is 1.76 bits per heavy atom. The lowest BCUT2D eigenvalue weighted by molar-refractivity contribution is -0.139. The van der Waals surface area contributed by atoms with Gasteiger partial charge < -0.3 is 10.2 Å². The Labute approximate surface area is 206 Å². The third kappa shape index (κ3) is 3.53. The molecule has 4 heteroatoms. The SMILES string of the molecule is C=C(C)C1CCC2C3(C)CCC(C(C)CCC=C(C)C(=O)O)C3(C)CCC23CC13CCC(=O)O. The molecule has 190 valence electrons. The molecule has 0 aliphatic heterocycles. The molecule has 0 aromatic carbocycles. The van der Waals surface area contributed by atoms with Gasteiger partial charge in [0.25, 0.3) is 0 Å². The first-order chi connectivity index (χ1) is 15.8. The lowest BCUT2D eigenvalue weighted by atomic mass is 9.43. The summed E-state index contributed by atoms with van der Waals surface area (Å²) >= 11 is 0. The second kappa shape index (κ2) is 8.52. The van der Waals surface area contributed by atoms with Crippen LogP contribution in [0.25, 0.3) is 0 Å². The van der Waals surface area contributed by atoms with E-state index >= 15 is 0 Å². The van der Waals surface area contributed by atoms with Crippen molar-refractivity contribution < 1.29 is 19.8 Å². The minimum atomic E-state index is -0.813. The van der Waals surface area contributed by atoms with E-state index in [4.69, 9.17) is 5.11 Å². The fourth-order valence-electron chi connectivity index (χ4n) is 10.1. The molecule has 0 aromatic rings. The molecule has 4 rings (SSSR count). The molecular weight excluding hydrogens is 424 g/mol. The zero-order valence-corrected chi connectivity index (χ0v) is 22.1. The van der Waals surface area contributed by atoms with E-state index < -0.39 is 11.9 Å². The maximum atomic E-state index is 11.6. The van der Waals surface area contributed by atoms with Crippen molar-refractivity contribution in [3.8, 4) is 0 Å². The van der Waals surface area contributed by atoms with Gasteiger partial charge in [0, 0.05) is 12.0 Å². The normalized spacial score (nSPS) is 43.9. The Morgan fingerprint density at radius 3 is 2.38 bits per heavy atom. The van der Waals surface area contributed by atoms with Crippen LogP contribution in [-0.4, -0.2) is 22.2 Å². The topological polar surface area (TPSA) is 74.6 Å². The molecule has 0 aromatic heterocycles. The number of hydrogen-bond acceptors (Lipinski definition) is 2. The predicted octanol–water partition coefficient (Wildman–Crippen LogP) is 7.49. The number of carboxylic acid groups (broad SMARTS) is 2. The average Bonchev–Trinajstić information content (AvgIpc) is 3.35. The van der Waals surface area contributed by atoms with Gasteiger partial charge >= 0.3 is 11.9 Å². The molecular formula is C30H46O4. The van der Waals surface area contributed by atoms with Gasteiger partial charge in [0.05, 0.1) is 0 Å². The van der Waals surface area contributed by atoms with Crippen molar-refractivity contribution in [3.05, 3.63) is 23.8 Å². The molecule has 0 radical (unpaired) electrons. The predicted molar refractivity (Wildman–Crippen MR) is 135 cm³/mol. The van der Waals surface area contributed by atoms with Crippen molar-refractivity contribution in [2.75, 3.05) is 0 Å². The van der Waals surface area contributed by atoms with Gasteiger partial charge in [-0.1, -0.05) is 39.0 Å². The first-order valence-electron chi connectivity index (χ1n) is 13.6. The van der Waals surface area contributed by atoms with E-state index in [1.807, 2.05) is 6.08 Å². The molecule has 34 heavy (non-hydrogen) atoms. The molecule has 8 atom stereocenters. The maximum Gasteiger partial charge on any atom is 0.330 e. The van der Waals surface area contributed by atoms with Gasteiger partial charge in [-0.05, 0) is 123 Å². The van der Waals surface area contributed by atoms with E-state index in [9.17, 15) is 14.7 Å². The number of fused-ring (bicyclic) bond motifs is 2. The van der Waals surface area contributed by atoms with Gasteiger partial charge in [-0.2, -0.15) is 0 Å². The van der Waals surface area contributed by atoms with Gasteiger partial charge in [0.15, 0.2) is 0 Å². The molecule has 1 spiro atoms. The van der Waals surface area contributed by atoms with Crippen LogP contribution < -0.4 is 0 Å². The summed E-state index contributed by atoms with van der Waals surface area (Å²) in [6.07, 6.45) is 13.6. The molecule has 0 saturated heterocycles. The molecule has 4 aliphatic rings. The van der Waals surface area contributed by atoms with Crippen molar-refractivity contribution in [3.63, 3.8) is 0 Å². The van der Waals surface area contributed by atoms with Crippen LogP contribution in [0.15, 0.2) is 23.8 Å². The molecule has 0 bridgehead atoms. The quantitative estimate of drug-likeness (QED) is 0.270.